The van der Waals surface area contributed by atoms with E-state index < -0.39 is 5.60 Å². The summed E-state index contributed by atoms with van der Waals surface area (Å²) in [5.74, 6) is 0. The Morgan fingerprint density at radius 2 is 2.17 bits per heavy atom. The minimum absolute atomic E-state index is 0.142. The third-order valence-electron chi connectivity index (χ3n) is 4.32. The maximum atomic E-state index is 12.0. The number of carbonyl (C=O) groups excluding carboxylic acids is 1. The quantitative estimate of drug-likeness (QED) is 0.796. The Morgan fingerprint density at radius 1 is 1.38 bits per heavy atom. The van der Waals surface area contributed by atoms with Crippen LogP contribution in [-0.2, 0) is 4.74 Å². The van der Waals surface area contributed by atoms with Crippen LogP contribution in [0.1, 0.15) is 52.5 Å². The van der Waals surface area contributed by atoms with Crippen molar-refractivity contribution in [1.82, 2.24) is 14.9 Å². The van der Waals surface area contributed by atoms with Crippen molar-refractivity contribution in [3.63, 3.8) is 0 Å². The highest BCUT2D eigenvalue weighted by Crippen LogP contribution is 2.32. The number of nitrogens with zero attached hydrogens (tertiary/aromatic N) is 2. The third-order valence-corrected chi connectivity index (χ3v) is 4.96. The molecule has 3 rings (SSSR count). The van der Waals surface area contributed by atoms with Gasteiger partial charge in [0.25, 0.3) is 0 Å². The van der Waals surface area contributed by atoms with E-state index in [1.807, 2.05) is 39.2 Å². The van der Waals surface area contributed by atoms with Gasteiger partial charge >= 0.3 is 6.09 Å². The van der Waals surface area contributed by atoms with E-state index in [0.717, 1.165) is 41.2 Å². The Hall–Kier alpha value is -1.56. The first-order valence-corrected chi connectivity index (χ1v) is 9.23. The number of alkyl carbamates (subject to hydrolysis) is 1. The number of amides is 1. The fourth-order valence-corrected chi connectivity index (χ4v) is 3.79. The number of benzene rings is 1. The van der Waals surface area contributed by atoms with E-state index >= 15 is 0 Å². The van der Waals surface area contributed by atoms with Crippen LogP contribution in [0.25, 0.3) is 11.0 Å². The van der Waals surface area contributed by atoms with Crippen LogP contribution in [0.4, 0.5) is 4.79 Å². The van der Waals surface area contributed by atoms with Crippen molar-refractivity contribution < 1.29 is 9.53 Å². The normalized spacial score (nSPS) is 21.7. The highest BCUT2D eigenvalue weighted by molar-refractivity contribution is 9.10. The van der Waals surface area contributed by atoms with Crippen molar-refractivity contribution in [3.8, 4) is 0 Å². The lowest BCUT2D eigenvalue weighted by atomic mass is 9.91. The van der Waals surface area contributed by atoms with E-state index in [-0.39, 0.29) is 12.1 Å². The number of rotatable bonds is 2. The molecular formula is C18H24BrN3O2. The highest BCUT2D eigenvalue weighted by Gasteiger charge is 2.27. The van der Waals surface area contributed by atoms with E-state index in [1.165, 1.54) is 0 Å². The maximum absolute atomic E-state index is 12.0. The summed E-state index contributed by atoms with van der Waals surface area (Å²) >= 11 is 3.56. The zero-order chi connectivity index (χ0) is 17.3. The predicted octanol–water partition coefficient (Wildman–Crippen LogP) is 4.81. The zero-order valence-electron chi connectivity index (χ0n) is 14.4. The molecular weight excluding hydrogens is 370 g/mol. The summed E-state index contributed by atoms with van der Waals surface area (Å²) in [6, 6.07) is 6.62. The van der Waals surface area contributed by atoms with Crippen LogP contribution in [0.15, 0.2) is 29.0 Å². The molecule has 2 atom stereocenters. The van der Waals surface area contributed by atoms with Gasteiger partial charge in [0.05, 0.1) is 11.8 Å². The monoisotopic (exact) mass is 393 g/mol. The number of fused-ring (bicyclic) bond motifs is 1. The van der Waals surface area contributed by atoms with Gasteiger partial charge in [-0.1, -0.05) is 6.07 Å². The summed E-state index contributed by atoms with van der Waals surface area (Å²) in [7, 11) is 0. The molecule has 0 saturated heterocycles. The topological polar surface area (TPSA) is 56.1 Å². The molecule has 1 N–H and O–H groups in total. The summed E-state index contributed by atoms with van der Waals surface area (Å²) in [6.07, 6.45) is 5.66. The van der Waals surface area contributed by atoms with Crippen LogP contribution in [0.3, 0.4) is 0 Å². The van der Waals surface area contributed by atoms with E-state index in [2.05, 4.69) is 36.9 Å². The van der Waals surface area contributed by atoms with Crippen molar-refractivity contribution >= 4 is 33.1 Å². The maximum Gasteiger partial charge on any atom is 0.407 e. The third kappa shape index (κ3) is 3.91. The molecule has 0 radical (unpaired) electrons. The number of hydrogen-bond acceptors (Lipinski definition) is 3. The Balaban J connectivity index is 1.71. The number of aromatic nitrogens is 2. The molecule has 0 aliphatic heterocycles. The van der Waals surface area contributed by atoms with Crippen LogP contribution in [0.2, 0.25) is 0 Å². The van der Waals surface area contributed by atoms with Gasteiger partial charge in [0.15, 0.2) is 0 Å². The second kappa shape index (κ2) is 6.75. The van der Waals surface area contributed by atoms with Crippen molar-refractivity contribution in [2.75, 3.05) is 0 Å². The summed E-state index contributed by atoms with van der Waals surface area (Å²) in [5.41, 5.74) is 1.65. The molecule has 1 aliphatic rings. The molecule has 1 aliphatic carbocycles. The molecule has 1 saturated carbocycles. The lowest BCUT2D eigenvalue weighted by molar-refractivity contribution is 0.0486. The molecule has 1 aromatic heterocycles. The average Bonchev–Trinajstić information content (AvgIpc) is 2.91. The first-order valence-electron chi connectivity index (χ1n) is 8.44. The van der Waals surface area contributed by atoms with Crippen molar-refractivity contribution in [2.45, 2.75) is 64.1 Å². The van der Waals surface area contributed by atoms with Gasteiger partial charge in [-0.2, -0.15) is 0 Å². The fraction of sp³-hybridized carbons (Fsp3) is 0.556. The summed E-state index contributed by atoms with van der Waals surface area (Å²) in [6.45, 7) is 5.64. The number of hydrogen-bond donors (Lipinski definition) is 1. The van der Waals surface area contributed by atoms with Crippen molar-refractivity contribution in [3.05, 3.63) is 29.0 Å². The number of carbonyl (C=O) groups is 1. The number of para-hydroxylation sites is 1. The van der Waals surface area contributed by atoms with E-state index in [4.69, 9.17) is 4.74 Å². The minimum Gasteiger partial charge on any atom is -0.444 e. The molecule has 2 aromatic rings. The molecule has 1 aromatic carbocycles. The largest absolute Gasteiger partial charge is 0.444 e. The highest BCUT2D eigenvalue weighted by atomic mass is 79.9. The molecule has 1 amide bonds. The van der Waals surface area contributed by atoms with Gasteiger partial charge < -0.3 is 14.6 Å². The first kappa shape index (κ1) is 17.3. The predicted molar refractivity (Wildman–Crippen MR) is 98.1 cm³/mol. The van der Waals surface area contributed by atoms with Gasteiger partial charge in [-0.3, -0.25) is 0 Å². The van der Waals surface area contributed by atoms with Crippen molar-refractivity contribution in [1.29, 1.82) is 0 Å². The average molecular weight is 394 g/mol. The van der Waals surface area contributed by atoms with E-state index in [9.17, 15) is 4.79 Å². The van der Waals surface area contributed by atoms with Gasteiger partial charge in [-0.05, 0) is 74.5 Å². The summed E-state index contributed by atoms with van der Waals surface area (Å²) < 4.78 is 8.63. The molecule has 1 heterocycles. The van der Waals surface area contributed by atoms with E-state index in [0.29, 0.717) is 6.04 Å². The minimum atomic E-state index is -0.467. The Morgan fingerprint density at radius 3 is 2.92 bits per heavy atom. The van der Waals surface area contributed by atoms with Crippen molar-refractivity contribution in [2.24, 2.45) is 0 Å². The van der Waals surface area contributed by atoms with Gasteiger partial charge in [0, 0.05) is 16.6 Å². The molecule has 0 spiro atoms. The Bertz CT molecular complexity index is 735. The van der Waals surface area contributed by atoms with Gasteiger partial charge in [0.1, 0.15) is 11.1 Å². The molecule has 24 heavy (non-hydrogen) atoms. The number of imidazole rings is 1. The molecule has 0 bridgehead atoms. The van der Waals surface area contributed by atoms with Gasteiger partial charge in [-0.25, -0.2) is 9.78 Å². The van der Waals surface area contributed by atoms with E-state index in [1.54, 1.807) is 0 Å². The summed E-state index contributed by atoms with van der Waals surface area (Å²) in [5, 5.41) is 3.02. The SMILES string of the molecule is CC(C)(C)OC(=O)N[C@@H]1CCC[C@H](n2cnc3c(Br)cccc32)C1. The van der Waals surface area contributed by atoms with Crippen LogP contribution in [-0.4, -0.2) is 27.3 Å². The number of nitrogens with one attached hydrogen (secondary N) is 1. The smallest absolute Gasteiger partial charge is 0.407 e. The lowest BCUT2D eigenvalue weighted by Gasteiger charge is -2.31. The second-order valence-corrected chi connectivity index (χ2v) is 8.28. The number of ether oxygens (including phenoxy) is 1. The Labute approximate surface area is 150 Å². The Kier molecular flexibility index (Phi) is 4.85. The summed E-state index contributed by atoms with van der Waals surface area (Å²) in [4.78, 5) is 16.6. The molecule has 130 valence electrons. The molecule has 0 unspecified atom stereocenters. The van der Waals surface area contributed by atoms with Gasteiger partial charge in [-0.15, -0.1) is 0 Å². The molecule has 6 heteroatoms. The second-order valence-electron chi connectivity index (χ2n) is 7.42. The van der Waals surface area contributed by atoms with Crippen LogP contribution in [0.5, 0.6) is 0 Å². The van der Waals surface area contributed by atoms with Crippen LogP contribution in [0, 0.1) is 0 Å². The molecule has 1 fully saturated rings. The standard InChI is InChI=1S/C18H24BrN3O2/c1-18(2,3)24-17(23)21-12-6-4-7-13(10-12)22-11-20-16-14(19)8-5-9-15(16)22/h5,8-9,11-13H,4,6-7,10H2,1-3H3,(H,21,23)/t12-,13+/m1/s1. The molecule has 5 nitrogen and oxygen atoms in total. The number of halogens is 1. The lowest BCUT2D eigenvalue weighted by Crippen LogP contribution is -2.41. The van der Waals surface area contributed by atoms with Gasteiger partial charge in [0.2, 0.25) is 0 Å². The fourth-order valence-electron chi connectivity index (χ4n) is 3.34. The van der Waals surface area contributed by atoms with Crippen LogP contribution >= 0.6 is 15.9 Å². The first-order chi connectivity index (χ1) is 11.3. The zero-order valence-corrected chi connectivity index (χ0v) is 16.0. The van der Waals surface area contributed by atoms with Crippen LogP contribution < -0.4 is 5.32 Å².